The Kier molecular flexibility index (Phi) is 8.29. The van der Waals surface area contributed by atoms with E-state index in [-0.39, 0.29) is 30.9 Å². The Hall–Kier alpha value is -2.60. The molecule has 1 unspecified atom stereocenters. The van der Waals surface area contributed by atoms with E-state index in [4.69, 9.17) is 16.3 Å². The zero-order valence-electron chi connectivity index (χ0n) is 17.7. The molecule has 5 nitrogen and oxygen atoms in total. The fourth-order valence-electron chi connectivity index (χ4n) is 3.77. The van der Waals surface area contributed by atoms with Gasteiger partial charge in [0.05, 0.1) is 0 Å². The third-order valence-corrected chi connectivity index (χ3v) is 5.78. The van der Waals surface area contributed by atoms with Crippen molar-refractivity contribution in [3.05, 3.63) is 64.9 Å². The van der Waals surface area contributed by atoms with Gasteiger partial charge in [-0.15, -0.1) is 0 Å². The van der Waals surface area contributed by atoms with E-state index in [0.29, 0.717) is 5.02 Å². The molecule has 0 radical (unpaired) electrons. The molecule has 1 fully saturated rings. The maximum atomic E-state index is 13.9. The van der Waals surface area contributed by atoms with Crippen LogP contribution in [0.4, 0.5) is 4.39 Å². The highest BCUT2D eigenvalue weighted by atomic mass is 35.5. The molecule has 0 bridgehead atoms. The molecule has 0 spiro atoms. The molecule has 3 rings (SSSR count). The van der Waals surface area contributed by atoms with E-state index in [1.165, 1.54) is 23.5 Å². The first kappa shape index (κ1) is 23.1. The molecule has 0 aliphatic heterocycles. The van der Waals surface area contributed by atoms with Crippen molar-refractivity contribution in [2.24, 2.45) is 0 Å². The fraction of sp³-hybridized carbons (Fsp3) is 0.417. The van der Waals surface area contributed by atoms with Crippen molar-refractivity contribution in [1.82, 2.24) is 10.2 Å². The molecule has 1 N–H and O–H groups in total. The van der Waals surface area contributed by atoms with Gasteiger partial charge in [0.1, 0.15) is 6.04 Å². The van der Waals surface area contributed by atoms with E-state index in [1.807, 2.05) is 6.07 Å². The van der Waals surface area contributed by atoms with Crippen LogP contribution in [0, 0.1) is 5.82 Å². The van der Waals surface area contributed by atoms with Crippen LogP contribution >= 0.6 is 11.6 Å². The maximum Gasteiger partial charge on any atom is 0.261 e. The van der Waals surface area contributed by atoms with E-state index in [2.05, 4.69) is 5.32 Å². The quantitative estimate of drug-likeness (QED) is 0.638. The lowest BCUT2D eigenvalue weighted by atomic mass is 9.95. The van der Waals surface area contributed by atoms with Crippen LogP contribution in [0.25, 0.3) is 0 Å². The Morgan fingerprint density at radius 3 is 2.61 bits per heavy atom. The van der Waals surface area contributed by atoms with Crippen molar-refractivity contribution in [2.75, 3.05) is 6.61 Å². The van der Waals surface area contributed by atoms with Crippen LogP contribution in [0.5, 0.6) is 5.75 Å². The van der Waals surface area contributed by atoms with Gasteiger partial charge in [0.25, 0.3) is 5.91 Å². The number of nitrogens with zero attached hydrogens (tertiary/aromatic N) is 1. The van der Waals surface area contributed by atoms with Gasteiger partial charge in [-0.05, 0) is 49.6 Å². The highest BCUT2D eigenvalue weighted by molar-refractivity contribution is 6.30. The molecular weight excluding hydrogens is 419 g/mol. The first-order chi connectivity index (χ1) is 14.9. The van der Waals surface area contributed by atoms with E-state index in [1.54, 1.807) is 37.3 Å². The van der Waals surface area contributed by atoms with Gasteiger partial charge in [0, 0.05) is 17.6 Å². The summed E-state index contributed by atoms with van der Waals surface area (Å²) in [5.74, 6) is -1.15. The van der Waals surface area contributed by atoms with Gasteiger partial charge in [0.2, 0.25) is 5.91 Å². The predicted molar refractivity (Wildman–Crippen MR) is 118 cm³/mol. The topological polar surface area (TPSA) is 58.6 Å². The van der Waals surface area contributed by atoms with Crippen molar-refractivity contribution in [3.63, 3.8) is 0 Å². The summed E-state index contributed by atoms with van der Waals surface area (Å²) < 4.78 is 19.2. The number of amides is 2. The minimum absolute atomic E-state index is 0.00198. The number of para-hydroxylation sites is 1. The lowest BCUT2D eigenvalue weighted by Crippen LogP contribution is -2.51. The van der Waals surface area contributed by atoms with Crippen LogP contribution in [0.3, 0.4) is 0 Å². The van der Waals surface area contributed by atoms with Gasteiger partial charge in [0.15, 0.2) is 18.2 Å². The number of carbonyl (C=O) groups excluding carboxylic acids is 2. The molecule has 1 saturated carbocycles. The lowest BCUT2D eigenvalue weighted by Gasteiger charge is -2.31. The van der Waals surface area contributed by atoms with Gasteiger partial charge in [-0.3, -0.25) is 9.59 Å². The zero-order chi connectivity index (χ0) is 22.2. The third kappa shape index (κ3) is 6.69. The highest BCUT2D eigenvalue weighted by Gasteiger charge is 2.28. The number of hydrogen-bond donors (Lipinski definition) is 1. The average molecular weight is 447 g/mol. The number of hydrogen-bond acceptors (Lipinski definition) is 3. The molecule has 2 aromatic rings. The minimum atomic E-state index is -0.711. The van der Waals surface area contributed by atoms with Crippen molar-refractivity contribution < 1.29 is 18.7 Å². The van der Waals surface area contributed by atoms with Crippen LogP contribution in [0.2, 0.25) is 5.02 Å². The third-order valence-electron chi connectivity index (χ3n) is 5.55. The van der Waals surface area contributed by atoms with Crippen molar-refractivity contribution in [2.45, 2.75) is 57.7 Å². The Morgan fingerprint density at radius 2 is 1.90 bits per heavy atom. The monoisotopic (exact) mass is 446 g/mol. The smallest absolute Gasteiger partial charge is 0.261 e. The molecular formula is C24H28ClFN2O3. The number of benzene rings is 2. The molecule has 0 heterocycles. The Morgan fingerprint density at radius 1 is 1.16 bits per heavy atom. The number of carbonyl (C=O) groups is 2. The molecule has 2 amide bonds. The van der Waals surface area contributed by atoms with Crippen LogP contribution in [0.1, 0.15) is 44.6 Å². The lowest BCUT2D eigenvalue weighted by molar-refractivity contribution is -0.142. The first-order valence-electron chi connectivity index (χ1n) is 10.7. The molecule has 7 heteroatoms. The highest BCUT2D eigenvalue weighted by Crippen LogP contribution is 2.20. The number of rotatable bonds is 8. The van der Waals surface area contributed by atoms with Crippen molar-refractivity contribution in [1.29, 1.82) is 0 Å². The molecule has 0 aromatic heterocycles. The predicted octanol–water partition coefficient (Wildman–Crippen LogP) is 4.72. The Balaban J connectivity index is 1.71. The summed E-state index contributed by atoms with van der Waals surface area (Å²) >= 11 is 6.09. The molecule has 2 aromatic carbocycles. The van der Waals surface area contributed by atoms with Gasteiger partial charge < -0.3 is 15.0 Å². The summed E-state index contributed by atoms with van der Waals surface area (Å²) in [5, 5.41) is 3.62. The summed E-state index contributed by atoms with van der Waals surface area (Å²) in [4.78, 5) is 27.4. The summed E-state index contributed by atoms with van der Waals surface area (Å²) in [6.07, 6.45) is 5.30. The van der Waals surface area contributed by atoms with Gasteiger partial charge in [-0.1, -0.05) is 55.1 Å². The molecule has 31 heavy (non-hydrogen) atoms. The Bertz CT molecular complexity index is 902. The average Bonchev–Trinajstić information content (AvgIpc) is 2.77. The largest absolute Gasteiger partial charge is 0.481 e. The van der Waals surface area contributed by atoms with E-state index in [9.17, 15) is 14.0 Å². The molecule has 166 valence electrons. The summed E-state index contributed by atoms with van der Waals surface area (Å²) in [5.41, 5.74) is 0.795. The van der Waals surface area contributed by atoms with Crippen LogP contribution in [0.15, 0.2) is 48.5 Å². The maximum absolute atomic E-state index is 13.9. The van der Waals surface area contributed by atoms with E-state index < -0.39 is 17.8 Å². The van der Waals surface area contributed by atoms with Gasteiger partial charge in [-0.2, -0.15) is 0 Å². The van der Waals surface area contributed by atoms with E-state index >= 15 is 0 Å². The minimum Gasteiger partial charge on any atom is -0.481 e. The number of halogens is 2. The van der Waals surface area contributed by atoms with Crippen LogP contribution in [-0.4, -0.2) is 35.4 Å². The molecule has 0 saturated heterocycles. The van der Waals surface area contributed by atoms with Gasteiger partial charge >= 0.3 is 0 Å². The number of ether oxygens (including phenoxy) is 1. The Labute approximate surface area is 187 Å². The second-order valence-electron chi connectivity index (χ2n) is 7.89. The fourth-order valence-corrected chi connectivity index (χ4v) is 3.98. The SMILES string of the molecule is CC(C(=O)NC1CCCCC1)N(Cc1cccc(Cl)c1)C(=O)COc1ccccc1F. The molecule has 1 aliphatic rings. The summed E-state index contributed by atoms with van der Waals surface area (Å²) in [6.45, 7) is 1.52. The first-order valence-corrected chi connectivity index (χ1v) is 11.0. The van der Waals surface area contributed by atoms with E-state index in [0.717, 1.165) is 31.2 Å². The standard InChI is InChI=1S/C24H28ClFN2O3/c1-17(24(30)27-20-10-3-2-4-11-20)28(15-18-8-7-9-19(25)14-18)23(29)16-31-22-13-6-5-12-21(22)26/h5-9,12-14,17,20H,2-4,10-11,15-16H2,1H3,(H,27,30). The van der Waals surface area contributed by atoms with Crippen molar-refractivity contribution >= 4 is 23.4 Å². The second-order valence-corrected chi connectivity index (χ2v) is 8.33. The number of nitrogens with one attached hydrogen (secondary N) is 1. The van der Waals surface area contributed by atoms with Gasteiger partial charge in [-0.25, -0.2) is 4.39 Å². The summed E-state index contributed by atoms with van der Waals surface area (Å²) in [6, 6.07) is 12.5. The summed E-state index contributed by atoms with van der Waals surface area (Å²) in [7, 11) is 0. The normalized spacial score (nSPS) is 15.2. The van der Waals surface area contributed by atoms with Crippen molar-refractivity contribution in [3.8, 4) is 5.75 Å². The zero-order valence-corrected chi connectivity index (χ0v) is 18.4. The molecule has 1 aliphatic carbocycles. The second kappa shape index (κ2) is 11.1. The molecule has 1 atom stereocenters. The van der Waals surface area contributed by atoms with Crippen LogP contribution < -0.4 is 10.1 Å². The van der Waals surface area contributed by atoms with Crippen LogP contribution in [-0.2, 0) is 16.1 Å².